The quantitative estimate of drug-likeness (QED) is 0.619. The van der Waals surface area contributed by atoms with E-state index >= 15 is 0 Å². The van der Waals surface area contributed by atoms with Gasteiger partial charge in [-0.15, -0.1) is 0 Å². The van der Waals surface area contributed by atoms with Gasteiger partial charge in [0.15, 0.2) is 6.29 Å². The monoisotopic (exact) mass is 227 g/mol. The Morgan fingerprint density at radius 1 is 1.47 bits per heavy atom. The third kappa shape index (κ3) is 1.97. The van der Waals surface area contributed by atoms with Gasteiger partial charge in [-0.3, -0.25) is 4.79 Å². The normalized spacial score (nSPS) is 24.7. The second-order valence-electron chi connectivity index (χ2n) is 3.27. The van der Waals surface area contributed by atoms with E-state index in [1.165, 1.54) is 6.07 Å². The lowest BCUT2D eigenvalue weighted by Crippen LogP contribution is -2.44. The van der Waals surface area contributed by atoms with Crippen LogP contribution in [0.1, 0.15) is 17.3 Å². The first kappa shape index (κ1) is 10.4. The number of anilines is 1. The van der Waals surface area contributed by atoms with Crippen LogP contribution in [-0.2, 0) is 9.47 Å². The maximum Gasteiger partial charge on any atom is 0.227 e. The standard InChI is InChI=1S/C10H10ClNO3/c1-5-14-10(15-5)9(13)6-2-3-7(11)8(12)4-6/h2-5,10H,12H2,1H3. The maximum absolute atomic E-state index is 11.7. The zero-order valence-electron chi connectivity index (χ0n) is 8.07. The minimum absolute atomic E-state index is 0.239. The van der Waals surface area contributed by atoms with Crippen molar-refractivity contribution < 1.29 is 14.3 Å². The number of hydrogen-bond donors (Lipinski definition) is 1. The van der Waals surface area contributed by atoms with E-state index in [-0.39, 0.29) is 12.1 Å². The molecule has 0 atom stereocenters. The molecule has 1 aromatic carbocycles. The van der Waals surface area contributed by atoms with Crippen LogP contribution in [0, 0.1) is 0 Å². The summed E-state index contributed by atoms with van der Waals surface area (Å²) in [5, 5.41) is 0.426. The van der Waals surface area contributed by atoms with E-state index in [9.17, 15) is 4.79 Å². The Bertz CT molecular complexity index is 402. The molecule has 0 amide bonds. The van der Waals surface area contributed by atoms with E-state index in [4.69, 9.17) is 26.8 Å². The van der Waals surface area contributed by atoms with E-state index in [1.54, 1.807) is 19.1 Å². The minimum atomic E-state index is -0.805. The van der Waals surface area contributed by atoms with Gasteiger partial charge in [0.25, 0.3) is 0 Å². The van der Waals surface area contributed by atoms with Gasteiger partial charge < -0.3 is 15.2 Å². The molecule has 15 heavy (non-hydrogen) atoms. The van der Waals surface area contributed by atoms with E-state index in [1.807, 2.05) is 0 Å². The SMILES string of the molecule is CC1OC(C(=O)c2ccc(Cl)c(N)c2)O1. The Labute approximate surface area is 91.9 Å². The molecule has 0 saturated carbocycles. The van der Waals surface area contributed by atoms with Gasteiger partial charge in [-0.25, -0.2) is 0 Å². The molecule has 1 heterocycles. The van der Waals surface area contributed by atoms with Crippen molar-refractivity contribution in [3.63, 3.8) is 0 Å². The lowest BCUT2D eigenvalue weighted by atomic mass is 10.1. The second kappa shape index (κ2) is 3.81. The van der Waals surface area contributed by atoms with Crippen LogP contribution in [0.2, 0.25) is 5.02 Å². The molecule has 0 aliphatic carbocycles. The Hall–Kier alpha value is -1.10. The number of rotatable bonds is 2. The van der Waals surface area contributed by atoms with Crippen molar-refractivity contribution in [2.45, 2.75) is 19.5 Å². The first-order valence-electron chi connectivity index (χ1n) is 4.48. The Kier molecular flexibility index (Phi) is 2.65. The van der Waals surface area contributed by atoms with Crippen LogP contribution in [0.25, 0.3) is 0 Å². The number of halogens is 1. The summed E-state index contributed by atoms with van der Waals surface area (Å²) < 4.78 is 10.2. The van der Waals surface area contributed by atoms with Crippen molar-refractivity contribution >= 4 is 23.1 Å². The zero-order chi connectivity index (χ0) is 11.0. The first-order valence-corrected chi connectivity index (χ1v) is 4.86. The summed E-state index contributed by atoms with van der Waals surface area (Å²) in [5.41, 5.74) is 6.39. The number of nitrogens with two attached hydrogens (primary N) is 1. The van der Waals surface area contributed by atoms with Gasteiger partial charge in [-0.1, -0.05) is 11.6 Å². The Morgan fingerprint density at radius 3 is 2.67 bits per heavy atom. The fourth-order valence-corrected chi connectivity index (χ4v) is 1.43. The van der Waals surface area contributed by atoms with Crippen LogP contribution < -0.4 is 5.73 Å². The minimum Gasteiger partial charge on any atom is -0.398 e. The molecule has 0 spiro atoms. The summed E-state index contributed by atoms with van der Waals surface area (Å²) in [6.45, 7) is 1.72. The van der Waals surface area contributed by atoms with Crippen LogP contribution in [-0.4, -0.2) is 18.4 Å². The largest absolute Gasteiger partial charge is 0.398 e. The van der Waals surface area contributed by atoms with Crippen molar-refractivity contribution in [2.75, 3.05) is 5.73 Å². The first-order chi connectivity index (χ1) is 7.08. The molecule has 0 unspecified atom stereocenters. The predicted molar refractivity (Wildman–Crippen MR) is 55.6 cm³/mol. The van der Waals surface area contributed by atoms with Gasteiger partial charge >= 0.3 is 0 Å². The molecule has 1 fully saturated rings. The highest BCUT2D eigenvalue weighted by Gasteiger charge is 2.34. The van der Waals surface area contributed by atoms with Crippen molar-refractivity contribution in [1.29, 1.82) is 0 Å². The highest BCUT2D eigenvalue weighted by molar-refractivity contribution is 6.33. The number of ketones is 1. The van der Waals surface area contributed by atoms with Crippen molar-refractivity contribution in [3.05, 3.63) is 28.8 Å². The summed E-state index contributed by atoms with van der Waals surface area (Å²) in [6, 6.07) is 4.68. The fourth-order valence-electron chi connectivity index (χ4n) is 1.32. The predicted octanol–water partition coefficient (Wildman–Crippen LogP) is 1.82. The van der Waals surface area contributed by atoms with Gasteiger partial charge in [0.05, 0.1) is 10.7 Å². The summed E-state index contributed by atoms with van der Waals surface area (Å²) in [6.07, 6.45) is -1.12. The molecule has 1 aromatic rings. The van der Waals surface area contributed by atoms with E-state index in [0.29, 0.717) is 16.3 Å². The third-order valence-electron chi connectivity index (χ3n) is 2.13. The highest BCUT2D eigenvalue weighted by Crippen LogP contribution is 2.24. The van der Waals surface area contributed by atoms with Crippen molar-refractivity contribution in [3.8, 4) is 0 Å². The fraction of sp³-hybridized carbons (Fsp3) is 0.300. The smallest absolute Gasteiger partial charge is 0.227 e. The summed E-state index contributed by atoms with van der Waals surface area (Å²) >= 11 is 5.74. The maximum atomic E-state index is 11.7. The molecular weight excluding hydrogens is 218 g/mol. The molecule has 0 radical (unpaired) electrons. The van der Waals surface area contributed by atoms with E-state index in [0.717, 1.165) is 0 Å². The molecule has 5 heteroatoms. The average molecular weight is 228 g/mol. The van der Waals surface area contributed by atoms with Gasteiger partial charge in [0.1, 0.15) is 0 Å². The average Bonchev–Trinajstić information content (AvgIpc) is 2.16. The summed E-state index contributed by atoms with van der Waals surface area (Å²) in [5.74, 6) is -0.239. The Balaban J connectivity index is 2.16. The number of carbonyl (C=O) groups is 1. The molecule has 1 saturated heterocycles. The van der Waals surface area contributed by atoms with Gasteiger partial charge in [-0.05, 0) is 25.1 Å². The van der Waals surface area contributed by atoms with E-state index in [2.05, 4.69) is 0 Å². The molecule has 1 aliphatic heterocycles. The van der Waals surface area contributed by atoms with Gasteiger partial charge in [0, 0.05) is 5.56 Å². The lowest BCUT2D eigenvalue weighted by Gasteiger charge is -2.32. The molecule has 2 N–H and O–H groups in total. The molecule has 0 bridgehead atoms. The number of nitrogen functional groups attached to an aromatic ring is 1. The lowest BCUT2D eigenvalue weighted by molar-refractivity contribution is -0.349. The van der Waals surface area contributed by atoms with Crippen LogP contribution in [0.15, 0.2) is 18.2 Å². The van der Waals surface area contributed by atoms with Crippen molar-refractivity contribution in [1.82, 2.24) is 0 Å². The number of carbonyl (C=O) groups excluding carboxylic acids is 1. The van der Waals surface area contributed by atoms with Crippen LogP contribution in [0.3, 0.4) is 0 Å². The van der Waals surface area contributed by atoms with Gasteiger partial charge in [-0.2, -0.15) is 0 Å². The van der Waals surface area contributed by atoms with Crippen LogP contribution in [0.4, 0.5) is 5.69 Å². The van der Waals surface area contributed by atoms with Gasteiger partial charge in [0.2, 0.25) is 12.1 Å². The second-order valence-corrected chi connectivity index (χ2v) is 3.68. The molecule has 4 nitrogen and oxygen atoms in total. The molecule has 2 rings (SSSR count). The summed E-state index contributed by atoms with van der Waals surface area (Å²) in [7, 11) is 0. The molecular formula is C10H10ClNO3. The van der Waals surface area contributed by atoms with Crippen molar-refractivity contribution in [2.24, 2.45) is 0 Å². The highest BCUT2D eigenvalue weighted by atomic mass is 35.5. The molecule has 80 valence electrons. The molecule has 0 aromatic heterocycles. The van der Waals surface area contributed by atoms with Crippen LogP contribution in [0.5, 0.6) is 0 Å². The summed E-state index contributed by atoms with van der Waals surface area (Å²) in [4.78, 5) is 11.7. The number of benzene rings is 1. The number of hydrogen-bond acceptors (Lipinski definition) is 4. The topological polar surface area (TPSA) is 61.5 Å². The number of ether oxygens (including phenoxy) is 2. The van der Waals surface area contributed by atoms with E-state index < -0.39 is 6.29 Å². The van der Waals surface area contributed by atoms with Crippen LogP contribution >= 0.6 is 11.6 Å². The zero-order valence-corrected chi connectivity index (χ0v) is 8.82. The molecule has 1 aliphatic rings. The Morgan fingerprint density at radius 2 is 2.13 bits per heavy atom. The number of Topliss-reactive ketones (excluding diaryl/α,β-unsaturated/α-hetero) is 1. The third-order valence-corrected chi connectivity index (χ3v) is 2.47.